The zero-order valence-corrected chi connectivity index (χ0v) is 18.4. The maximum atomic E-state index is 13.4. The molecular formula is C23H25N5O4. The van der Waals surface area contributed by atoms with Gasteiger partial charge in [-0.15, -0.1) is 0 Å². The first-order valence-electron chi connectivity index (χ1n) is 10.2. The number of carbonyl (C=O) groups is 1. The Morgan fingerprint density at radius 2 is 1.91 bits per heavy atom. The monoisotopic (exact) mass is 435 g/mol. The van der Waals surface area contributed by atoms with E-state index in [0.29, 0.717) is 46.8 Å². The molecule has 0 spiro atoms. The first-order valence-corrected chi connectivity index (χ1v) is 10.2. The molecule has 2 heterocycles. The minimum absolute atomic E-state index is 0.251. The van der Waals surface area contributed by atoms with Gasteiger partial charge in [0.25, 0.3) is 5.91 Å². The highest BCUT2D eigenvalue weighted by atomic mass is 16.5. The van der Waals surface area contributed by atoms with Gasteiger partial charge in [0.1, 0.15) is 18.1 Å². The van der Waals surface area contributed by atoms with Gasteiger partial charge >= 0.3 is 0 Å². The van der Waals surface area contributed by atoms with E-state index in [9.17, 15) is 4.79 Å². The van der Waals surface area contributed by atoms with Crippen molar-refractivity contribution in [2.45, 2.75) is 19.9 Å². The Morgan fingerprint density at radius 1 is 1.12 bits per heavy atom. The third kappa shape index (κ3) is 3.96. The first kappa shape index (κ1) is 21.2. The lowest BCUT2D eigenvalue weighted by Gasteiger charge is -2.29. The quantitative estimate of drug-likeness (QED) is 0.585. The van der Waals surface area contributed by atoms with E-state index in [4.69, 9.17) is 14.2 Å². The number of allylic oxidation sites excluding steroid dienone is 1. The molecule has 1 amide bonds. The SMILES string of the molecule is CCOc1ccc([C@@H]2C(C(=O)Nc3ccc(OC)cc3)=C(C)Nc3ncnn32)cc1OC. The van der Waals surface area contributed by atoms with Gasteiger partial charge in [0, 0.05) is 11.4 Å². The summed E-state index contributed by atoms with van der Waals surface area (Å²) in [5.74, 6) is 2.23. The molecule has 1 aliphatic rings. The number of fused-ring (bicyclic) bond motifs is 1. The van der Waals surface area contributed by atoms with Gasteiger partial charge in [-0.3, -0.25) is 4.79 Å². The van der Waals surface area contributed by atoms with Crippen LogP contribution in [-0.4, -0.2) is 41.5 Å². The summed E-state index contributed by atoms with van der Waals surface area (Å²) in [5.41, 5.74) is 2.68. The Bertz CT molecular complexity index is 1150. The molecule has 166 valence electrons. The van der Waals surface area contributed by atoms with Crippen LogP contribution in [0.15, 0.2) is 60.1 Å². The number of aromatic nitrogens is 3. The van der Waals surface area contributed by atoms with Gasteiger partial charge in [-0.25, -0.2) is 4.68 Å². The summed E-state index contributed by atoms with van der Waals surface area (Å²) in [6, 6.07) is 12.3. The van der Waals surface area contributed by atoms with Crippen molar-refractivity contribution in [3.8, 4) is 17.2 Å². The van der Waals surface area contributed by atoms with E-state index in [1.807, 2.05) is 32.0 Å². The summed E-state index contributed by atoms with van der Waals surface area (Å²) < 4.78 is 18.0. The number of anilines is 2. The molecule has 4 rings (SSSR count). The highest BCUT2D eigenvalue weighted by Crippen LogP contribution is 2.38. The van der Waals surface area contributed by atoms with Crippen molar-refractivity contribution in [2.24, 2.45) is 0 Å². The standard InChI is InChI=1S/C23H25N5O4/c1-5-32-18-11-6-15(12-19(18)31-4)21-20(14(2)26-23-24-13-25-28(21)23)22(29)27-16-7-9-17(30-3)10-8-16/h6-13,21H,5H2,1-4H3,(H,27,29)(H,24,25,26)/t21-/m1/s1. The molecule has 0 saturated carbocycles. The number of amides is 1. The Labute approximate surface area is 186 Å². The molecule has 0 unspecified atom stereocenters. The molecule has 3 aromatic rings. The van der Waals surface area contributed by atoms with Crippen LogP contribution in [0.2, 0.25) is 0 Å². The van der Waals surface area contributed by atoms with Crippen LogP contribution in [0.5, 0.6) is 17.2 Å². The summed E-state index contributed by atoms with van der Waals surface area (Å²) in [4.78, 5) is 17.7. The van der Waals surface area contributed by atoms with Crippen molar-refractivity contribution in [2.75, 3.05) is 31.5 Å². The second-order valence-corrected chi connectivity index (χ2v) is 7.12. The number of hydrogen-bond donors (Lipinski definition) is 2. The fourth-order valence-corrected chi connectivity index (χ4v) is 3.70. The Kier molecular flexibility index (Phi) is 5.98. The van der Waals surface area contributed by atoms with Crippen molar-refractivity contribution in [3.63, 3.8) is 0 Å². The van der Waals surface area contributed by atoms with Crippen molar-refractivity contribution in [1.82, 2.24) is 14.8 Å². The topological polar surface area (TPSA) is 99.5 Å². The van der Waals surface area contributed by atoms with Crippen LogP contribution in [-0.2, 0) is 4.79 Å². The Balaban J connectivity index is 1.73. The van der Waals surface area contributed by atoms with Crippen LogP contribution in [0, 0.1) is 0 Å². The normalized spacial score (nSPS) is 14.9. The van der Waals surface area contributed by atoms with E-state index in [-0.39, 0.29) is 5.91 Å². The summed E-state index contributed by atoms with van der Waals surface area (Å²) >= 11 is 0. The number of nitrogens with zero attached hydrogens (tertiary/aromatic N) is 3. The van der Waals surface area contributed by atoms with Crippen molar-refractivity contribution >= 4 is 17.5 Å². The molecule has 0 bridgehead atoms. The lowest BCUT2D eigenvalue weighted by atomic mass is 9.94. The number of nitrogens with one attached hydrogen (secondary N) is 2. The maximum Gasteiger partial charge on any atom is 0.255 e. The highest BCUT2D eigenvalue weighted by Gasteiger charge is 2.34. The fourth-order valence-electron chi connectivity index (χ4n) is 3.70. The first-order chi connectivity index (χ1) is 15.5. The van der Waals surface area contributed by atoms with E-state index >= 15 is 0 Å². The van der Waals surface area contributed by atoms with Gasteiger partial charge in [-0.05, 0) is 55.8 Å². The zero-order valence-electron chi connectivity index (χ0n) is 18.4. The van der Waals surface area contributed by atoms with E-state index in [1.165, 1.54) is 6.33 Å². The van der Waals surface area contributed by atoms with Crippen LogP contribution in [0.25, 0.3) is 0 Å². The molecule has 2 aromatic carbocycles. The molecule has 32 heavy (non-hydrogen) atoms. The zero-order chi connectivity index (χ0) is 22.7. The molecule has 1 aliphatic heterocycles. The van der Waals surface area contributed by atoms with Crippen LogP contribution in [0.1, 0.15) is 25.5 Å². The maximum absolute atomic E-state index is 13.4. The number of rotatable bonds is 7. The summed E-state index contributed by atoms with van der Waals surface area (Å²) in [6.07, 6.45) is 1.46. The van der Waals surface area contributed by atoms with Gasteiger partial charge in [-0.2, -0.15) is 10.1 Å². The average molecular weight is 435 g/mol. The van der Waals surface area contributed by atoms with Crippen LogP contribution in [0.3, 0.4) is 0 Å². The molecule has 1 aromatic heterocycles. The van der Waals surface area contributed by atoms with Gasteiger partial charge in [0.15, 0.2) is 11.5 Å². The van der Waals surface area contributed by atoms with Gasteiger partial charge in [0.05, 0.1) is 26.4 Å². The van der Waals surface area contributed by atoms with E-state index in [0.717, 1.165) is 5.56 Å². The molecule has 0 fully saturated rings. The van der Waals surface area contributed by atoms with Gasteiger partial charge in [-0.1, -0.05) is 6.07 Å². The lowest BCUT2D eigenvalue weighted by molar-refractivity contribution is -0.113. The van der Waals surface area contributed by atoms with Crippen LogP contribution < -0.4 is 24.8 Å². The van der Waals surface area contributed by atoms with Crippen LogP contribution >= 0.6 is 0 Å². The largest absolute Gasteiger partial charge is 0.497 e. The van der Waals surface area contributed by atoms with E-state index in [1.54, 1.807) is 43.2 Å². The molecule has 1 atom stereocenters. The predicted molar refractivity (Wildman–Crippen MR) is 120 cm³/mol. The summed E-state index contributed by atoms with van der Waals surface area (Å²) in [6.45, 7) is 4.28. The highest BCUT2D eigenvalue weighted by molar-refractivity contribution is 6.06. The number of carbonyl (C=O) groups excluding carboxylic acids is 1. The third-order valence-corrected chi connectivity index (χ3v) is 5.19. The van der Waals surface area contributed by atoms with Crippen molar-refractivity contribution in [3.05, 3.63) is 65.6 Å². The molecule has 0 aliphatic carbocycles. The second-order valence-electron chi connectivity index (χ2n) is 7.12. The molecule has 2 N–H and O–H groups in total. The minimum atomic E-state index is -0.503. The molecule has 0 saturated heterocycles. The van der Waals surface area contributed by atoms with Gasteiger partial charge in [0.2, 0.25) is 5.95 Å². The van der Waals surface area contributed by atoms with Crippen molar-refractivity contribution < 1.29 is 19.0 Å². The van der Waals surface area contributed by atoms with Crippen LogP contribution in [0.4, 0.5) is 11.6 Å². The predicted octanol–water partition coefficient (Wildman–Crippen LogP) is 3.62. The average Bonchev–Trinajstić information content (AvgIpc) is 3.27. The second kappa shape index (κ2) is 9.01. The Hall–Kier alpha value is -4.01. The molecule has 9 heteroatoms. The lowest BCUT2D eigenvalue weighted by Crippen LogP contribution is -2.31. The Morgan fingerprint density at radius 3 is 2.59 bits per heavy atom. The van der Waals surface area contributed by atoms with Crippen molar-refractivity contribution in [1.29, 1.82) is 0 Å². The van der Waals surface area contributed by atoms with E-state index < -0.39 is 6.04 Å². The third-order valence-electron chi connectivity index (χ3n) is 5.19. The molecule has 9 nitrogen and oxygen atoms in total. The van der Waals surface area contributed by atoms with E-state index in [2.05, 4.69) is 20.7 Å². The molecule has 0 radical (unpaired) electrons. The summed E-state index contributed by atoms with van der Waals surface area (Å²) in [5, 5.41) is 10.5. The number of methoxy groups -OCH3 is 2. The number of ether oxygens (including phenoxy) is 3. The fraction of sp³-hybridized carbons (Fsp3) is 0.261. The number of hydrogen-bond acceptors (Lipinski definition) is 7. The smallest absolute Gasteiger partial charge is 0.255 e. The molecular weight excluding hydrogens is 410 g/mol. The van der Waals surface area contributed by atoms with Gasteiger partial charge < -0.3 is 24.8 Å². The minimum Gasteiger partial charge on any atom is -0.497 e. The summed E-state index contributed by atoms with van der Waals surface area (Å²) in [7, 11) is 3.18. The number of benzene rings is 2.